The zero-order valence-electron chi connectivity index (χ0n) is 19.7. The van der Waals surface area contributed by atoms with Crippen LogP contribution >= 0.6 is 0 Å². The Hall–Kier alpha value is -3.40. The van der Waals surface area contributed by atoms with E-state index in [-0.39, 0.29) is 17.5 Å². The maximum Gasteiger partial charge on any atom is 0.289 e. The lowest BCUT2D eigenvalue weighted by atomic mass is 10.00. The number of amides is 1. The average Bonchev–Trinajstić information content (AvgIpc) is 3.51. The molecule has 3 heterocycles. The normalized spacial score (nSPS) is 16.0. The van der Waals surface area contributed by atoms with Crippen LogP contribution in [0.4, 0.5) is 0 Å². The van der Waals surface area contributed by atoms with Crippen LogP contribution in [0.1, 0.15) is 48.8 Å². The summed E-state index contributed by atoms with van der Waals surface area (Å²) in [6.45, 7) is 8.56. The van der Waals surface area contributed by atoms with E-state index < -0.39 is 0 Å². The molecule has 1 unspecified atom stereocenters. The van der Waals surface area contributed by atoms with Gasteiger partial charge in [-0.15, -0.1) is 5.10 Å². The second kappa shape index (κ2) is 9.22. The number of nitrogens with zero attached hydrogens (tertiary/aromatic N) is 6. The predicted octanol–water partition coefficient (Wildman–Crippen LogP) is 2.59. The van der Waals surface area contributed by atoms with Crippen LogP contribution in [0.5, 0.6) is 11.5 Å². The Morgan fingerprint density at radius 2 is 1.82 bits per heavy atom. The minimum atomic E-state index is -0.319. The van der Waals surface area contributed by atoms with E-state index in [9.17, 15) is 4.79 Å². The van der Waals surface area contributed by atoms with Gasteiger partial charge in [0.25, 0.3) is 5.91 Å². The standard InChI is InChI=1S/C23H30N6O4/c1-23(2,3)29-21(24-25-26-29)19(16-8-6-9-17(31-4)20(16)32-5)27-11-13-28(14-12-27)22(30)18-10-7-15-33-18/h6-10,15,19H,11-14H2,1-5H3. The first-order valence-electron chi connectivity index (χ1n) is 10.9. The van der Waals surface area contributed by atoms with Crippen LogP contribution < -0.4 is 9.47 Å². The van der Waals surface area contributed by atoms with Crippen LogP contribution in [-0.2, 0) is 5.54 Å². The maximum absolute atomic E-state index is 12.7. The van der Waals surface area contributed by atoms with Crippen molar-refractivity contribution >= 4 is 5.91 Å². The van der Waals surface area contributed by atoms with Crippen LogP contribution in [0.2, 0.25) is 0 Å². The van der Waals surface area contributed by atoms with Crippen LogP contribution in [0.3, 0.4) is 0 Å². The second-order valence-corrected chi connectivity index (χ2v) is 8.91. The molecule has 3 aromatic rings. The molecule has 1 aliphatic heterocycles. The number of benzene rings is 1. The first kappa shape index (κ1) is 22.8. The van der Waals surface area contributed by atoms with E-state index in [4.69, 9.17) is 13.9 Å². The number of carbonyl (C=O) groups excluding carboxylic acids is 1. The number of piperazine rings is 1. The average molecular weight is 455 g/mol. The highest BCUT2D eigenvalue weighted by Gasteiger charge is 2.36. The highest BCUT2D eigenvalue weighted by atomic mass is 16.5. The van der Waals surface area contributed by atoms with Gasteiger partial charge in [0.15, 0.2) is 23.1 Å². The number of tetrazole rings is 1. The molecule has 1 amide bonds. The molecule has 0 radical (unpaired) electrons. The van der Waals surface area contributed by atoms with E-state index in [1.54, 1.807) is 26.4 Å². The molecule has 1 fully saturated rings. The molecule has 1 saturated heterocycles. The van der Waals surface area contributed by atoms with Crippen LogP contribution in [-0.4, -0.2) is 76.3 Å². The monoisotopic (exact) mass is 454 g/mol. The predicted molar refractivity (Wildman–Crippen MR) is 120 cm³/mol. The van der Waals surface area contributed by atoms with Gasteiger partial charge in [0, 0.05) is 31.7 Å². The van der Waals surface area contributed by atoms with Gasteiger partial charge in [0.1, 0.15) is 6.04 Å². The molecule has 1 aromatic carbocycles. The lowest BCUT2D eigenvalue weighted by molar-refractivity contribution is 0.0554. The van der Waals surface area contributed by atoms with Crippen LogP contribution in [0.15, 0.2) is 41.0 Å². The zero-order valence-corrected chi connectivity index (χ0v) is 19.7. The largest absolute Gasteiger partial charge is 0.493 e. The van der Waals surface area contributed by atoms with Crippen molar-refractivity contribution in [2.75, 3.05) is 40.4 Å². The molecular weight excluding hydrogens is 424 g/mol. The summed E-state index contributed by atoms with van der Waals surface area (Å²) in [6.07, 6.45) is 1.51. The van der Waals surface area contributed by atoms with Crippen molar-refractivity contribution in [3.05, 3.63) is 53.7 Å². The third kappa shape index (κ3) is 4.43. The Morgan fingerprint density at radius 1 is 1.06 bits per heavy atom. The Bertz CT molecular complexity index is 1080. The Morgan fingerprint density at radius 3 is 2.42 bits per heavy atom. The van der Waals surface area contributed by atoms with Gasteiger partial charge >= 0.3 is 0 Å². The van der Waals surface area contributed by atoms with Crippen molar-refractivity contribution < 1.29 is 18.7 Å². The van der Waals surface area contributed by atoms with Crippen molar-refractivity contribution in [1.82, 2.24) is 30.0 Å². The van der Waals surface area contributed by atoms with Crippen molar-refractivity contribution in [2.45, 2.75) is 32.4 Å². The smallest absolute Gasteiger partial charge is 0.289 e. The minimum Gasteiger partial charge on any atom is -0.493 e. The maximum atomic E-state index is 12.7. The van der Waals surface area contributed by atoms with Gasteiger partial charge in [-0.2, -0.15) is 0 Å². The third-order valence-corrected chi connectivity index (χ3v) is 5.80. The van der Waals surface area contributed by atoms with Gasteiger partial charge in [0.05, 0.1) is 26.0 Å². The number of furan rings is 1. The van der Waals surface area contributed by atoms with Gasteiger partial charge in [-0.25, -0.2) is 4.68 Å². The van der Waals surface area contributed by atoms with Crippen molar-refractivity contribution in [1.29, 1.82) is 0 Å². The molecule has 0 saturated carbocycles. The van der Waals surface area contributed by atoms with Gasteiger partial charge in [-0.05, 0) is 49.4 Å². The lowest BCUT2D eigenvalue weighted by Crippen LogP contribution is -2.50. The molecule has 10 nitrogen and oxygen atoms in total. The highest BCUT2D eigenvalue weighted by Crippen LogP contribution is 2.40. The number of para-hydroxylation sites is 1. The SMILES string of the molecule is COc1cccc(C(c2nnnn2C(C)(C)C)N2CCN(C(=O)c3ccco3)CC2)c1OC. The van der Waals surface area contributed by atoms with Crippen molar-refractivity contribution in [2.24, 2.45) is 0 Å². The molecule has 0 bridgehead atoms. The molecule has 0 aliphatic carbocycles. The first-order valence-corrected chi connectivity index (χ1v) is 10.9. The number of aromatic nitrogens is 4. The summed E-state index contributed by atoms with van der Waals surface area (Å²) in [7, 11) is 3.25. The van der Waals surface area contributed by atoms with Crippen LogP contribution in [0.25, 0.3) is 0 Å². The summed E-state index contributed by atoms with van der Waals surface area (Å²) >= 11 is 0. The van der Waals surface area contributed by atoms with E-state index in [1.807, 2.05) is 27.8 Å². The van der Waals surface area contributed by atoms with Gasteiger partial charge < -0.3 is 18.8 Å². The van der Waals surface area contributed by atoms with E-state index in [1.165, 1.54) is 6.26 Å². The Balaban J connectivity index is 1.70. The van der Waals surface area contributed by atoms with E-state index in [0.29, 0.717) is 49.3 Å². The molecular formula is C23H30N6O4. The number of ether oxygens (including phenoxy) is 2. The number of rotatable bonds is 6. The Labute approximate surface area is 193 Å². The number of methoxy groups -OCH3 is 2. The van der Waals surface area contributed by atoms with Gasteiger partial charge in [-0.3, -0.25) is 9.69 Å². The van der Waals surface area contributed by atoms with Crippen LogP contribution in [0, 0.1) is 0 Å². The summed E-state index contributed by atoms with van der Waals surface area (Å²) in [5, 5.41) is 12.7. The molecule has 2 aromatic heterocycles. The van der Waals surface area contributed by atoms with Gasteiger partial charge in [-0.1, -0.05) is 12.1 Å². The molecule has 0 N–H and O–H groups in total. The van der Waals surface area contributed by atoms with Crippen molar-refractivity contribution in [3.8, 4) is 11.5 Å². The second-order valence-electron chi connectivity index (χ2n) is 8.91. The summed E-state index contributed by atoms with van der Waals surface area (Å²) in [5.41, 5.74) is 0.586. The topological polar surface area (TPSA) is 98.8 Å². The quantitative estimate of drug-likeness (QED) is 0.561. The van der Waals surface area contributed by atoms with E-state index in [2.05, 4.69) is 41.2 Å². The molecule has 176 valence electrons. The number of hydrogen-bond acceptors (Lipinski definition) is 8. The van der Waals surface area contributed by atoms with E-state index in [0.717, 1.165) is 5.56 Å². The molecule has 0 spiro atoms. The molecule has 1 atom stereocenters. The fraction of sp³-hybridized carbons (Fsp3) is 0.478. The summed E-state index contributed by atoms with van der Waals surface area (Å²) in [5.74, 6) is 2.24. The Kier molecular flexibility index (Phi) is 6.37. The third-order valence-electron chi connectivity index (χ3n) is 5.80. The van der Waals surface area contributed by atoms with E-state index >= 15 is 0 Å². The molecule has 1 aliphatic rings. The summed E-state index contributed by atoms with van der Waals surface area (Å²) in [6, 6.07) is 8.94. The van der Waals surface area contributed by atoms with Gasteiger partial charge in [0.2, 0.25) is 0 Å². The molecule has 33 heavy (non-hydrogen) atoms. The highest BCUT2D eigenvalue weighted by molar-refractivity contribution is 5.91. The lowest BCUT2D eigenvalue weighted by Gasteiger charge is -2.39. The fourth-order valence-electron chi connectivity index (χ4n) is 4.21. The molecule has 4 rings (SSSR count). The molecule has 10 heteroatoms. The fourth-order valence-corrected chi connectivity index (χ4v) is 4.21. The summed E-state index contributed by atoms with van der Waals surface area (Å²) < 4.78 is 18.5. The number of hydrogen-bond donors (Lipinski definition) is 0. The van der Waals surface area contributed by atoms with Crippen molar-refractivity contribution in [3.63, 3.8) is 0 Å². The zero-order chi connectivity index (χ0) is 23.6. The first-order chi connectivity index (χ1) is 15.8. The number of carbonyl (C=O) groups is 1. The summed E-state index contributed by atoms with van der Waals surface area (Å²) in [4.78, 5) is 16.8. The minimum absolute atomic E-state index is 0.102.